The topological polar surface area (TPSA) is 49.3 Å². The molecule has 0 radical (unpaired) electrons. The molecule has 6 heteroatoms. The number of hydrogen-bond donors (Lipinski definition) is 0. The average Bonchev–Trinajstić information content (AvgIpc) is 2.58. The van der Waals surface area contributed by atoms with Gasteiger partial charge in [0.25, 0.3) is 5.91 Å². The molecule has 1 atom stereocenters. The van der Waals surface area contributed by atoms with Crippen molar-refractivity contribution in [3.63, 3.8) is 0 Å². The first-order valence-electron chi connectivity index (χ1n) is 7.42. The van der Waals surface area contributed by atoms with Crippen molar-refractivity contribution in [2.75, 3.05) is 26.7 Å². The van der Waals surface area contributed by atoms with Gasteiger partial charge in [-0.1, -0.05) is 25.4 Å². The second-order valence-corrected chi connectivity index (χ2v) is 6.45. The predicted octanol–water partition coefficient (Wildman–Crippen LogP) is 2.42. The number of halogens is 1. The molecule has 0 saturated carbocycles. The van der Waals surface area contributed by atoms with Crippen LogP contribution in [0.5, 0.6) is 0 Å². The minimum absolute atomic E-state index is 0.0906. The fraction of sp³-hybridized carbons (Fsp3) is 0.667. The standard InChI is InChI=1S/C15H23ClN4O/c1-10(2)14-17-8-12(16)13(18-14)15(21)20-7-5-6-19(4)9-11(20)3/h8,10-11H,5-7,9H2,1-4H3. The normalized spacial score (nSPS) is 20.7. The van der Waals surface area contributed by atoms with Crippen molar-refractivity contribution < 1.29 is 4.79 Å². The van der Waals surface area contributed by atoms with Crippen molar-refractivity contribution in [2.45, 2.75) is 39.2 Å². The third-order valence-corrected chi connectivity index (χ3v) is 4.07. The Bertz CT molecular complexity index is 520. The van der Waals surface area contributed by atoms with Crippen LogP contribution in [0.3, 0.4) is 0 Å². The molecular formula is C15H23ClN4O. The van der Waals surface area contributed by atoms with Crippen LogP contribution in [0, 0.1) is 0 Å². The Morgan fingerprint density at radius 3 is 2.81 bits per heavy atom. The maximum atomic E-state index is 12.8. The van der Waals surface area contributed by atoms with E-state index in [-0.39, 0.29) is 17.9 Å². The molecule has 1 aromatic heterocycles. The second kappa shape index (κ2) is 6.71. The molecule has 2 heterocycles. The van der Waals surface area contributed by atoms with Crippen LogP contribution in [0.25, 0.3) is 0 Å². The summed E-state index contributed by atoms with van der Waals surface area (Å²) in [6.45, 7) is 8.68. The van der Waals surface area contributed by atoms with E-state index in [1.165, 1.54) is 6.20 Å². The highest BCUT2D eigenvalue weighted by molar-refractivity contribution is 6.33. The highest BCUT2D eigenvalue weighted by Gasteiger charge is 2.27. The summed E-state index contributed by atoms with van der Waals surface area (Å²) in [4.78, 5) is 25.5. The molecule has 1 unspecified atom stereocenters. The minimum atomic E-state index is -0.0906. The van der Waals surface area contributed by atoms with Gasteiger partial charge >= 0.3 is 0 Å². The smallest absolute Gasteiger partial charge is 0.274 e. The quantitative estimate of drug-likeness (QED) is 0.842. The van der Waals surface area contributed by atoms with Crippen LogP contribution >= 0.6 is 11.6 Å². The van der Waals surface area contributed by atoms with Crippen molar-refractivity contribution >= 4 is 17.5 Å². The van der Waals surface area contributed by atoms with E-state index in [9.17, 15) is 4.79 Å². The van der Waals surface area contributed by atoms with Crippen molar-refractivity contribution in [3.05, 3.63) is 22.7 Å². The van der Waals surface area contributed by atoms with Gasteiger partial charge in [-0.25, -0.2) is 9.97 Å². The van der Waals surface area contributed by atoms with Gasteiger partial charge in [-0.15, -0.1) is 0 Å². The summed E-state index contributed by atoms with van der Waals surface area (Å²) in [5.41, 5.74) is 0.326. The molecule has 2 rings (SSSR count). The van der Waals surface area contributed by atoms with E-state index in [2.05, 4.69) is 28.8 Å². The van der Waals surface area contributed by atoms with Crippen LogP contribution in [0.1, 0.15) is 49.4 Å². The Hall–Kier alpha value is -1.20. The van der Waals surface area contributed by atoms with Crippen molar-refractivity contribution in [1.29, 1.82) is 0 Å². The summed E-state index contributed by atoms with van der Waals surface area (Å²) in [6, 6.07) is 0.151. The molecule has 116 valence electrons. The summed E-state index contributed by atoms with van der Waals surface area (Å²) in [6.07, 6.45) is 2.50. The van der Waals surface area contributed by atoms with Gasteiger partial charge in [0, 0.05) is 25.0 Å². The van der Waals surface area contributed by atoms with Crippen LogP contribution < -0.4 is 0 Å². The van der Waals surface area contributed by atoms with Crippen LogP contribution in [-0.2, 0) is 0 Å². The molecule has 0 N–H and O–H groups in total. The number of nitrogens with zero attached hydrogens (tertiary/aromatic N) is 4. The number of hydrogen-bond acceptors (Lipinski definition) is 4. The second-order valence-electron chi connectivity index (χ2n) is 6.04. The highest BCUT2D eigenvalue weighted by Crippen LogP contribution is 2.20. The van der Waals surface area contributed by atoms with Gasteiger partial charge in [0.1, 0.15) is 5.82 Å². The lowest BCUT2D eigenvalue weighted by Crippen LogP contribution is -2.42. The van der Waals surface area contributed by atoms with E-state index in [1.54, 1.807) is 0 Å². The first-order valence-corrected chi connectivity index (χ1v) is 7.80. The summed E-state index contributed by atoms with van der Waals surface area (Å²) in [5.74, 6) is 0.732. The first kappa shape index (κ1) is 16.2. The molecule has 21 heavy (non-hydrogen) atoms. The first-order chi connectivity index (χ1) is 9.90. The molecule has 0 spiro atoms. The summed E-state index contributed by atoms with van der Waals surface area (Å²) in [5, 5.41) is 0.328. The summed E-state index contributed by atoms with van der Waals surface area (Å²) >= 11 is 6.15. The predicted molar refractivity (Wildman–Crippen MR) is 83.7 cm³/mol. The fourth-order valence-corrected chi connectivity index (χ4v) is 2.79. The fourth-order valence-electron chi connectivity index (χ4n) is 2.62. The molecular weight excluding hydrogens is 288 g/mol. The Morgan fingerprint density at radius 1 is 1.43 bits per heavy atom. The zero-order valence-corrected chi connectivity index (χ0v) is 13.9. The van der Waals surface area contributed by atoms with Gasteiger partial charge in [-0.3, -0.25) is 4.79 Å². The van der Waals surface area contributed by atoms with Crippen LogP contribution in [0.2, 0.25) is 5.02 Å². The number of carbonyl (C=O) groups excluding carboxylic acids is 1. The van der Waals surface area contributed by atoms with Crippen LogP contribution in [-0.4, -0.2) is 58.4 Å². The Balaban J connectivity index is 2.28. The monoisotopic (exact) mass is 310 g/mol. The minimum Gasteiger partial charge on any atom is -0.333 e. The molecule has 1 amide bonds. The largest absolute Gasteiger partial charge is 0.333 e. The molecule has 5 nitrogen and oxygen atoms in total. The highest BCUT2D eigenvalue weighted by atomic mass is 35.5. The van der Waals surface area contributed by atoms with Gasteiger partial charge in [0.2, 0.25) is 0 Å². The molecule has 0 aromatic carbocycles. The van der Waals surface area contributed by atoms with Crippen LogP contribution in [0.4, 0.5) is 0 Å². The third kappa shape index (κ3) is 3.71. The lowest BCUT2D eigenvalue weighted by Gasteiger charge is -2.28. The molecule has 1 aromatic rings. The van der Waals surface area contributed by atoms with E-state index < -0.39 is 0 Å². The number of carbonyl (C=O) groups is 1. The molecule has 1 aliphatic rings. The molecule has 0 bridgehead atoms. The average molecular weight is 311 g/mol. The lowest BCUT2D eigenvalue weighted by atomic mass is 10.2. The number of rotatable bonds is 2. The Kier molecular flexibility index (Phi) is 5.17. The van der Waals surface area contributed by atoms with Crippen molar-refractivity contribution in [3.8, 4) is 0 Å². The number of amides is 1. The summed E-state index contributed by atoms with van der Waals surface area (Å²) < 4.78 is 0. The lowest BCUT2D eigenvalue weighted by molar-refractivity contribution is 0.0690. The maximum Gasteiger partial charge on any atom is 0.274 e. The van der Waals surface area contributed by atoms with Gasteiger partial charge in [0.15, 0.2) is 5.69 Å². The number of likely N-dealkylation sites (N-methyl/N-ethyl adjacent to an activating group) is 1. The third-order valence-electron chi connectivity index (χ3n) is 3.79. The number of aromatic nitrogens is 2. The zero-order valence-electron chi connectivity index (χ0n) is 13.1. The molecule has 1 aliphatic heterocycles. The molecule has 1 saturated heterocycles. The maximum absolute atomic E-state index is 12.8. The van der Waals surface area contributed by atoms with E-state index >= 15 is 0 Å². The van der Waals surface area contributed by atoms with Gasteiger partial charge < -0.3 is 9.80 Å². The zero-order chi connectivity index (χ0) is 15.6. The Morgan fingerprint density at radius 2 is 2.14 bits per heavy atom. The van der Waals surface area contributed by atoms with Crippen LogP contribution in [0.15, 0.2) is 6.20 Å². The van der Waals surface area contributed by atoms with Crippen molar-refractivity contribution in [1.82, 2.24) is 19.8 Å². The van der Waals surface area contributed by atoms with Gasteiger partial charge in [-0.05, 0) is 26.9 Å². The molecule has 0 aliphatic carbocycles. The molecule has 1 fully saturated rings. The van der Waals surface area contributed by atoms with E-state index in [4.69, 9.17) is 11.6 Å². The SMILES string of the molecule is CC(C)c1ncc(Cl)c(C(=O)N2CCCN(C)CC2C)n1. The van der Waals surface area contributed by atoms with E-state index in [1.807, 2.05) is 18.7 Å². The van der Waals surface area contributed by atoms with Gasteiger partial charge in [0.05, 0.1) is 11.2 Å². The van der Waals surface area contributed by atoms with Gasteiger partial charge in [-0.2, -0.15) is 0 Å². The van der Waals surface area contributed by atoms with E-state index in [0.29, 0.717) is 16.5 Å². The summed E-state index contributed by atoms with van der Waals surface area (Å²) in [7, 11) is 2.08. The van der Waals surface area contributed by atoms with E-state index in [0.717, 1.165) is 26.1 Å². The van der Waals surface area contributed by atoms with Crippen molar-refractivity contribution in [2.24, 2.45) is 0 Å². The Labute approximate surface area is 131 Å².